The van der Waals surface area contributed by atoms with Crippen molar-refractivity contribution in [1.82, 2.24) is 24.8 Å². The Morgan fingerprint density at radius 3 is 3.05 bits per heavy atom. The van der Waals surface area contributed by atoms with Crippen molar-refractivity contribution in [2.24, 2.45) is 0 Å². The molecule has 0 amide bonds. The molecular weight excluding hydrogens is 238 g/mol. The Bertz CT molecular complexity index is 505. The molecule has 1 N–H and O–H groups in total. The maximum atomic E-state index is 4.49. The van der Waals surface area contributed by atoms with Gasteiger partial charge in [0.1, 0.15) is 12.1 Å². The van der Waals surface area contributed by atoms with Gasteiger partial charge in [0.15, 0.2) is 0 Å². The minimum absolute atomic E-state index is 0.585. The van der Waals surface area contributed by atoms with Crippen molar-refractivity contribution in [3.8, 4) is 5.82 Å². The van der Waals surface area contributed by atoms with Crippen LogP contribution in [0.1, 0.15) is 12.5 Å². The zero-order valence-electron chi connectivity index (χ0n) is 11.2. The molecule has 3 heterocycles. The molecule has 0 spiro atoms. The highest BCUT2D eigenvalue weighted by Crippen LogP contribution is 2.11. The first kappa shape index (κ1) is 12.3. The van der Waals surface area contributed by atoms with Crippen molar-refractivity contribution in [3.63, 3.8) is 0 Å². The van der Waals surface area contributed by atoms with Crippen LogP contribution in [0.5, 0.6) is 0 Å². The molecule has 5 nitrogen and oxygen atoms in total. The number of aromatic nitrogens is 3. The van der Waals surface area contributed by atoms with Crippen LogP contribution in [0.15, 0.2) is 37.1 Å². The Morgan fingerprint density at radius 1 is 1.42 bits per heavy atom. The van der Waals surface area contributed by atoms with Crippen molar-refractivity contribution < 1.29 is 0 Å². The van der Waals surface area contributed by atoms with Crippen LogP contribution in [0.2, 0.25) is 0 Å². The van der Waals surface area contributed by atoms with Gasteiger partial charge in [-0.25, -0.2) is 9.97 Å². The van der Waals surface area contributed by atoms with Gasteiger partial charge >= 0.3 is 0 Å². The number of hydrogen-bond donors (Lipinski definition) is 1. The number of piperazine rings is 1. The van der Waals surface area contributed by atoms with E-state index in [1.165, 1.54) is 5.56 Å². The molecule has 0 bridgehead atoms. The van der Waals surface area contributed by atoms with Gasteiger partial charge < -0.3 is 5.32 Å². The van der Waals surface area contributed by atoms with Crippen LogP contribution >= 0.6 is 0 Å². The lowest BCUT2D eigenvalue weighted by atomic mass is 10.2. The highest BCUT2D eigenvalue weighted by molar-refractivity contribution is 5.25. The molecule has 0 aromatic carbocycles. The Balaban J connectivity index is 1.69. The molecule has 100 valence electrons. The standard InChI is InChI=1S/C14H19N5/c1-12-8-15-4-6-18(12)10-13-2-3-14(17-9-13)19-7-5-16-11-19/h2-3,5,7,9,11-12,15H,4,6,8,10H2,1H3/t12-/m0/s1. The Labute approximate surface area is 113 Å². The van der Waals surface area contributed by atoms with E-state index in [-0.39, 0.29) is 0 Å². The quantitative estimate of drug-likeness (QED) is 0.893. The van der Waals surface area contributed by atoms with Gasteiger partial charge in [-0.15, -0.1) is 0 Å². The number of hydrogen-bond acceptors (Lipinski definition) is 4. The summed E-state index contributed by atoms with van der Waals surface area (Å²) in [6.45, 7) is 6.48. The smallest absolute Gasteiger partial charge is 0.137 e. The lowest BCUT2D eigenvalue weighted by molar-refractivity contribution is 0.165. The lowest BCUT2D eigenvalue weighted by Crippen LogP contribution is -2.49. The predicted octanol–water partition coefficient (Wildman–Crippen LogP) is 1.06. The van der Waals surface area contributed by atoms with Crippen molar-refractivity contribution in [2.75, 3.05) is 19.6 Å². The molecule has 2 aromatic rings. The molecule has 3 rings (SSSR count). The first-order valence-corrected chi connectivity index (χ1v) is 6.71. The molecule has 1 fully saturated rings. The molecule has 0 unspecified atom stereocenters. The van der Waals surface area contributed by atoms with Gasteiger partial charge in [-0.05, 0) is 18.6 Å². The van der Waals surface area contributed by atoms with Gasteiger partial charge in [0.2, 0.25) is 0 Å². The maximum Gasteiger partial charge on any atom is 0.137 e. The average Bonchev–Trinajstić information content (AvgIpc) is 2.96. The molecule has 19 heavy (non-hydrogen) atoms. The minimum atomic E-state index is 0.585. The maximum absolute atomic E-state index is 4.49. The fourth-order valence-electron chi connectivity index (χ4n) is 2.41. The topological polar surface area (TPSA) is 46.0 Å². The van der Waals surface area contributed by atoms with E-state index in [1.54, 1.807) is 12.5 Å². The molecule has 5 heteroatoms. The van der Waals surface area contributed by atoms with E-state index in [2.05, 4.69) is 33.2 Å². The van der Waals surface area contributed by atoms with Crippen LogP contribution in [0, 0.1) is 0 Å². The van der Waals surface area contributed by atoms with E-state index in [1.807, 2.05) is 23.0 Å². The predicted molar refractivity (Wildman–Crippen MR) is 74.1 cm³/mol. The summed E-state index contributed by atoms with van der Waals surface area (Å²) in [5, 5.41) is 3.41. The van der Waals surface area contributed by atoms with Crippen LogP contribution in [0.4, 0.5) is 0 Å². The van der Waals surface area contributed by atoms with E-state index in [9.17, 15) is 0 Å². The molecule has 0 saturated carbocycles. The van der Waals surface area contributed by atoms with E-state index < -0.39 is 0 Å². The molecule has 1 aliphatic rings. The van der Waals surface area contributed by atoms with Gasteiger partial charge in [-0.2, -0.15) is 0 Å². The van der Waals surface area contributed by atoms with E-state index in [4.69, 9.17) is 0 Å². The van der Waals surface area contributed by atoms with Gasteiger partial charge in [0.05, 0.1) is 0 Å². The lowest BCUT2D eigenvalue weighted by Gasteiger charge is -2.33. The Kier molecular flexibility index (Phi) is 3.57. The van der Waals surface area contributed by atoms with Crippen LogP contribution in [0.3, 0.4) is 0 Å². The highest BCUT2D eigenvalue weighted by Gasteiger charge is 2.17. The Morgan fingerprint density at radius 2 is 2.37 bits per heavy atom. The van der Waals surface area contributed by atoms with Crippen LogP contribution in [-0.4, -0.2) is 45.1 Å². The third-order valence-electron chi connectivity index (χ3n) is 3.60. The first-order chi connectivity index (χ1) is 9.33. The van der Waals surface area contributed by atoms with Gasteiger partial charge in [-0.3, -0.25) is 9.47 Å². The van der Waals surface area contributed by atoms with E-state index in [0.717, 1.165) is 32.0 Å². The van der Waals surface area contributed by atoms with E-state index in [0.29, 0.717) is 6.04 Å². The normalized spacial score (nSPS) is 20.6. The summed E-state index contributed by atoms with van der Waals surface area (Å²) in [5.74, 6) is 0.912. The SMILES string of the molecule is C[C@H]1CNCCN1Cc1ccc(-n2ccnc2)nc1. The summed E-state index contributed by atoms with van der Waals surface area (Å²) in [4.78, 5) is 11.0. The molecule has 0 radical (unpaired) electrons. The number of nitrogens with one attached hydrogen (secondary N) is 1. The summed E-state index contributed by atoms with van der Waals surface area (Å²) < 4.78 is 1.91. The fraction of sp³-hybridized carbons (Fsp3) is 0.429. The average molecular weight is 257 g/mol. The third kappa shape index (κ3) is 2.83. The zero-order chi connectivity index (χ0) is 13.1. The number of nitrogens with zero attached hydrogens (tertiary/aromatic N) is 4. The monoisotopic (exact) mass is 257 g/mol. The van der Waals surface area contributed by atoms with E-state index >= 15 is 0 Å². The molecule has 0 aliphatic carbocycles. The van der Waals surface area contributed by atoms with Crippen molar-refractivity contribution in [2.45, 2.75) is 19.5 Å². The van der Waals surface area contributed by atoms with Crippen molar-refractivity contribution in [1.29, 1.82) is 0 Å². The zero-order valence-corrected chi connectivity index (χ0v) is 11.2. The summed E-state index contributed by atoms with van der Waals surface area (Å²) in [6.07, 6.45) is 7.39. The number of pyridine rings is 1. The summed E-state index contributed by atoms with van der Waals surface area (Å²) >= 11 is 0. The molecule has 2 aromatic heterocycles. The number of imidazole rings is 1. The Hall–Kier alpha value is -1.72. The van der Waals surface area contributed by atoms with Gasteiger partial charge in [0, 0.05) is 50.8 Å². The van der Waals surface area contributed by atoms with Crippen LogP contribution in [-0.2, 0) is 6.54 Å². The van der Waals surface area contributed by atoms with Gasteiger partial charge in [-0.1, -0.05) is 6.07 Å². The van der Waals surface area contributed by atoms with Crippen molar-refractivity contribution in [3.05, 3.63) is 42.6 Å². The minimum Gasteiger partial charge on any atom is -0.314 e. The fourth-order valence-corrected chi connectivity index (χ4v) is 2.41. The third-order valence-corrected chi connectivity index (χ3v) is 3.60. The summed E-state index contributed by atoms with van der Waals surface area (Å²) in [7, 11) is 0. The number of rotatable bonds is 3. The molecule has 1 saturated heterocycles. The van der Waals surface area contributed by atoms with Crippen LogP contribution in [0.25, 0.3) is 5.82 Å². The van der Waals surface area contributed by atoms with Gasteiger partial charge in [0.25, 0.3) is 0 Å². The second-order valence-electron chi connectivity index (χ2n) is 5.02. The van der Waals surface area contributed by atoms with Crippen molar-refractivity contribution >= 4 is 0 Å². The molecule has 1 atom stereocenters. The highest BCUT2D eigenvalue weighted by atomic mass is 15.2. The van der Waals surface area contributed by atoms with Crippen LogP contribution < -0.4 is 5.32 Å². The second kappa shape index (κ2) is 5.50. The first-order valence-electron chi connectivity index (χ1n) is 6.71. The summed E-state index contributed by atoms with van der Waals surface area (Å²) in [6, 6.07) is 4.78. The second-order valence-corrected chi connectivity index (χ2v) is 5.02. The largest absolute Gasteiger partial charge is 0.314 e. The molecular formula is C14H19N5. The molecule has 1 aliphatic heterocycles. The summed E-state index contributed by atoms with van der Waals surface area (Å²) in [5.41, 5.74) is 1.26.